The van der Waals surface area contributed by atoms with E-state index in [1.54, 1.807) is 7.05 Å². The minimum absolute atomic E-state index is 0.00633. The van der Waals surface area contributed by atoms with Crippen molar-refractivity contribution in [3.8, 4) is 11.3 Å². The van der Waals surface area contributed by atoms with Gasteiger partial charge < -0.3 is 5.32 Å². The summed E-state index contributed by atoms with van der Waals surface area (Å²) >= 11 is 11.8. The summed E-state index contributed by atoms with van der Waals surface area (Å²) in [6.45, 7) is 0. The molecule has 0 bridgehead atoms. The molecule has 0 atom stereocenters. The standard InChI is InChI=1S/C12H8Cl2F2N2/c1-17-12-9(14)5-8(13)11(18-12)7-4-6(15)2-3-10(7)16/h2-5H,1H3,(H,17,18). The fraction of sp³-hybridized carbons (Fsp3) is 0.0833. The molecule has 0 aliphatic rings. The Morgan fingerprint density at radius 3 is 2.50 bits per heavy atom. The van der Waals surface area contributed by atoms with Gasteiger partial charge in [0.2, 0.25) is 0 Å². The van der Waals surface area contributed by atoms with E-state index in [1.807, 2.05) is 0 Å². The van der Waals surface area contributed by atoms with E-state index in [0.717, 1.165) is 18.2 Å². The second-order valence-corrected chi connectivity index (χ2v) is 4.34. The van der Waals surface area contributed by atoms with Crippen molar-refractivity contribution in [2.75, 3.05) is 12.4 Å². The maximum atomic E-state index is 13.7. The Hall–Kier alpha value is -1.39. The van der Waals surface area contributed by atoms with Gasteiger partial charge in [-0.15, -0.1) is 0 Å². The lowest BCUT2D eigenvalue weighted by Gasteiger charge is -2.09. The van der Waals surface area contributed by atoms with Crippen molar-refractivity contribution in [1.82, 2.24) is 4.98 Å². The number of nitrogens with one attached hydrogen (secondary N) is 1. The summed E-state index contributed by atoms with van der Waals surface area (Å²) in [6.07, 6.45) is 0. The Bertz CT molecular complexity index is 603. The number of anilines is 1. The van der Waals surface area contributed by atoms with Crippen LogP contribution in [0.25, 0.3) is 11.3 Å². The number of pyridine rings is 1. The highest BCUT2D eigenvalue weighted by Gasteiger charge is 2.14. The molecule has 0 fully saturated rings. The average Bonchev–Trinajstić information content (AvgIpc) is 2.33. The molecule has 1 N–H and O–H groups in total. The molecule has 0 aliphatic carbocycles. The van der Waals surface area contributed by atoms with Gasteiger partial charge in [-0.3, -0.25) is 0 Å². The molecule has 6 heteroatoms. The quantitative estimate of drug-likeness (QED) is 0.887. The van der Waals surface area contributed by atoms with Crippen LogP contribution < -0.4 is 5.32 Å². The molecule has 0 saturated carbocycles. The first-order chi connectivity index (χ1) is 8.52. The van der Waals surface area contributed by atoms with Crippen LogP contribution in [-0.2, 0) is 0 Å². The van der Waals surface area contributed by atoms with Crippen LogP contribution >= 0.6 is 23.2 Å². The molecule has 0 aliphatic heterocycles. The van der Waals surface area contributed by atoms with Crippen LogP contribution in [0, 0.1) is 11.6 Å². The zero-order valence-corrected chi connectivity index (χ0v) is 10.8. The largest absolute Gasteiger partial charge is 0.372 e. The smallest absolute Gasteiger partial charge is 0.145 e. The lowest BCUT2D eigenvalue weighted by Crippen LogP contribution is -1.97. The van der Waals surface area contributed by atoms with E-state index in [4.69, 9.17) is 23.2 Å². The predicted molar refractivity (Wildman–Crippen MR) is 69.2 cm³/mol. The second-order valence-electron chi connectivity index (χ2n) is 3.52. The molecular formula is C12H8Cl2F2N2. The summed E-state index contributed by atoms with van der Waals surface area (Å²) in [5.74, 6) is -0.819. The molecule has 2 nitrogen and oxygen atoms in total. The van der Waals surface area contributed by atoms with Gasteiger partial charge in [-0.2, -0.15) is 0 Å². The number of benzene rings is 1. The number of hydrogen-bond donors (Lipinski definition) is 1. The maximum absolute atomic E-state index is 13.7. The molecule has 0 radical (unpaired) electrons. The van der Waals surface area contributed by atoms with Gasteiger partial charge in [0.05, 0.1) is 15.7 Å². The minimum Gasteiger partial charge on any atom is -0.372 e. The van der Waals surface area contributed by atoms with Crippen LogP contribution in [0.4, 0.5) is 14.6 Å². The van der Waals surface area contributed by atoms with Crippen LogP contribution in [0.15, 0.2) is 24.3 Å². The van der Waals surface area contributed by atoms with E-state index < -0.39 is 11.6 Å². The molecule has 2 aromatic rings. The molecule has 2 rings (SSSR count). The van der Waals surface area contributed by atoms with Gasteiger partial charge >= 0.3 is 0 Å². The monoisotopic (exact) mass is 288 g/mol. The Labute approximate surface area is 113 Å². The highest BCUT2D eigenvalue weighted by Crippen LogP contribution is 2.33. The van der Waals surface area contributed by atoms with Crippen LogP contribution in [0.5, 0.6) is 0 Å². The third kappa shape index (κ3) is 2.40. The lowest BCUT2D eigenvalue weighted by molar-refractivity contribution is 0.602. The van der Waals surface area contributed by atoms with E-state index in [9.17, 15) is 8.78 Å². The first-order valence-corrected chi connectivity index (χ1v) is 5.77. The van der Waals surface area contributed by atoms with Gasteiger partial charge in [-0.05, 0) is 24.3 Å². The van der Waals surface area contributed by atoms with E-state index >= 15 is 0 Å². The van der Waals surface area contributed by atoms with Gasteiger partial charge in [0.15, 0.2) is 0 Å². The summed E-state index contributed by atoms with van der Waals surface area (Å²) in [6, 6.07) is 4.52. The van der Waals surface area contributed by atoms with Crippen molar-refractivity contribution in [3.63, 3.8) is 0 Å². The van der Waals surface area contributed by atoms with Crippen LogP contribution in [0.2, 0.25) is 10.0 Å². The SMILES string of the molecule is CNc1nc(-c2cc(F)ccc2F)c(Cl)cc1Cl. The van der Waals surface area contributed by atoms with E-state index in [0.29, 0.717) is 10.8 Å². The molecule has 0 saturated heterocycles. The second kappa shape index (κ2) is 5.08. The van der Waals surface area contributed by atoms with Crippen molar-refractivity contribution in [2.24, 2.45) is 0 Å². The minimum atomic E-state index is -0.602. The summed E-state index contributed by atoms with van der Waals surface area (Å²) in [4.78, 5) is 4.08. The first kappa shape index (κ1) is 13.1. The van der Waals surface area contributed by atoms with Crippen molar-refractivity contribution in [2.45, 2.75) is 0 Å². The predicted octanol–water partition coefficient (Wildman–Crippen LogP) is 4.38. The molecule has 0 amide bonds. The Kier molecular flexibility index (Phi) is 3.68. The maximum Gasteiger partial charge on any atom is 0.145 e. The third-order valence-electron chi connectivity index (χ3n) is 2.35. The summed E-state index contributed by atoms with van der Waals surface area (Å²) in [5, 5.41) is 3.21. The lowest BCUT2D eigenvalue weighted by atomic mass is 10.1. The molecule has 18 heavy (non-hydrogen) atoms. The van der Waals surface area contributed by atoms with Crippen molar-refractivity contribution < 1.29 is 8.78 Å². The first-order valence-electron chi connectivity index (χ1n) is 5.02. The zero-order valence-electron chi connectivity index (χ0n) is 9.27. The number of hydrogen-bond acceptors (Lipinski definition) is 2. The average molecular weight is 289 g/mol. The normalized spacial score (nSPS) is 10.5. The van der Waals surface area contributed by atoms with Crippen molar-refractivity contribution in [3.05, 3.63) is 45.9 Å². The van der Waals surface area contributed by atoms with Gasteiger partial charge in [0.25, 0.3) is 0 Å². The summed E-state index contributed by atoms with van der Waals surface area (Å²) in [7, 11) is 1.62. The fourth-order valence-corrected chi connectivity index (χ4v) is 2.06. The van der Waals surface area contributed by atoms with Crippen LogP contribution in [-0.4, -0.2) is 12.0 Å². The summed E-state index contributed by atoms with van der Waals surface area (Å²) < 4.78 is 26.8. The van der Waals surface area contributed by atoms with Crippen molar-refractivity contribution in [1.29, 1.82) is 0 Å². The molecular weight excluding hydrogens is 281 g/mol. The Morgan fingerprint density at radius 2 is 1.83 bits per heavy atom. The molecule has 1 aromatic heterocycles. The molecule has 0 unspecified atom stereocenters. The highest BCUT2D eigenvalue weighted by atomic mass is 35.5. The van der Waals surface area contributed by atoms with E-state index in [-0.39, 0.29) is 16.3 Å². The van der Waals surface area contributed by atoms with E-state index in [1.165, 1.54) is 6.07 Å². The van der Waals surface area contributed by atoms with Crippen molar-refractivity contribution >= 4 is 29.0 Å². The molecule has 0 spiro atoms. The van der Waals surface area contributed by atoms with Gasteiger partial charge in [-0.25, -0.2) is 13.8 Å². The molecule has 94 valence electrons. The number of halogens is 4. The number of aromatic nitrogens is 1. The highest BCUT2D eigenvalue weighted by molar-refractivity contribution is 6.37. The molecule has 1 heterocycles. The van der Waals surface area contributed by atoms with E-state index in [2.05, 4.69) is 10.3 Å². The zero-order chi connectivity index (χ0) is 13.3. The van der Waals surface area contributed by atoms with Crippen LogP contribution in [0.3, 0.4) is 0 Å². The molecule has 1 aromatic carbocycles. The van der Waals surface area contributed by atoms with Gasteiger partial charge in [0.1, 0.15) is 17.5 Å². The van der Waals surface area contributed by atoms with Gasteiger partial charge in [0, 0.05) is 12.6 Å². The van der Waals surface area contributed by atoms with Gasteiger partial charge in [-0.1, -0.05) is 23.2 Å². The Morgan fingerprint density at radius 1 is 1.11 bits per heavy atom. The Balaban J connectivity index is 2.66. The summed E-state index contributed by atoms with van der Waals surface area (Å²) in [5.41, 5.74) is 0.135. The fourth-order valence-electron chi connectivity index (χ4n) is 1.51. The topological polar surface area (TPSA) is 24.9 Å². The third-order valence-corrected chi connectivity index (χ3v) is 2.93. The van der Waals surface area contributed by atoms with Crippen LogP contribution in [0.1, 0.15) is 0 Å². The number of nitrogens with zero attached hydrogens (tertiary/aromatic N) is 1. The number of rotatable bonds is 2.